The van der Waals surface area contributed by atoms with Crippen LogP contribution in [0, 0.1) is 17.0 Å². The van der Waals surface area contributed by atoms with Crippen molar-refractivity contribution >= 4 is 11.4 Å². The van der Waals surface area contributed by atoms with Crippen LogP contribution in [0.2, 0.25) is 0 Å². The average molecular weight is 236 g/mol. The number of hydrogen-bond donors (Lipinski definition) is 1. The van der Waals surface area contributed by atoms with Gasteiger partial charge in [0.1, 0.15) is 5.69 Å². The van der Waals surface area contributed by atoms with Crippen LogP contribution in [0.25, 0.3) is 0 Å². The van der Waals surface area contributed by atoms with Crippen molar-refractivity contribution in [3.05, 3.63) is 33.9 Å². The maximum atomic E-state index is 10.9. The summed E-state index contributed by atoms with van der Waals surface area (Å²) in [7, 11) is 0. The third kappa shape index (κ3) is 3.73. The molecule has 0 aliphatic heterocycles. The van der Waals surface area contributed by atoms with Crippen LogP contribution in [0.5, 0.6) is 0 Å². The molecule has 0 bridgehead atoms. The van der Waals surface area contributed by atoms with E-state index in [0.29, 0.717) is 5.69 Å². The second kappa shape index (κ2) is 6.23. The Morgan fingerprint density at radius 1 is 1.47 bits per heavy atom. The van der Waals surface area contributed by atoms with Gasteiger partial charge in [-0.05, 0) is 25.8 Å². The van der Waals surface area contributed by atoms with Crippen LogP contribution in [-0.4, -0.2) is 11.0 Å². The van der Waals surface area contributed by atoms with Gasteiger partial charge >= 0.3 is 0 Å². The monoisotopic (exact) mass is 236 g/mol. The maximum Gasteiger partial charge on any atom is 0.292 e. The molecule has 1 atom stereocenters. The fourth-order valence-corrected chi connectivity index (χ4v) is 1.82. The molecular weight excluding hydrogens is 216 g/mol. The van der Waals surface area contributed by atoms with Gasteiger partial charge in [0.15, 0.2) is 0 Å². The predicted molar refractivity (Wildman–Crippen MR) is 70.4 cm³/mol. The molecule has 1 N–H and O–H groups in total. The van der Waals surface area contributed by atoms with Crippen LogP contribution in [0.1, 0.15) is 38.7 Å². The molecule has 1 aromatic rings. The van der Waals surface area contributed by atoms with Crippen molar-refractivity contribution in [2.45, 2.75) is 46.1 Å². The fraction of sp³-hybridized carbons (Fsp3) is 0.538. The molecule has 1 rings (SSSR count). The predicted octanol–water partition coefficient (Wildman–Crippen LogP) is 3.89. The van der Waals surface area contributed by atoms with E-state index >= 15 is 0 Å². The van der Waals surface area contributed by atoms with Gasteiger partial charge in [-0.1, -0.05) is 31.9 Å². The van der Waals surface area contributed by atoms with Crippen molar-refractivity contribution in [3.8, 4) is 0 Å². The topological polar surface area (TPSA) is 55.2 Å². The summed E-state index contributed by atoms with van der Waals surface area (Å²) in [5.41, 5.74) is 1.73. The van der Waals surface area contributed by atoms with E-state index in [-0.39, 0.29) is 16.7 Å². The molecular formula is C13H20N2O2. The third-order valence-corrected chi connectivity index (χ3v) is 2.83. The zero-order valence-electron chi connectivity index (χ0n) is 10.7. The van der Waals surface area contributed by atoms with E-state index in [1.807, 2.05) is 13.0 Å². The summed E-state index contributed by atoms with van der Waals surface area (Å²) in [6.07, 6.45) is 3.30. The summed E-state index contributed by atoms with van der Waals surface area (Å²) < 4.78 is 0. The maximum absolute atomic E-state index is 10.9. The van der Waals surface area contributed by atoms with E-state index in [4.69, 9.17) is 0 Å². The highest BCUT2D eigenvalue weighted by molar-refractivity contribution is 5.66. The van der Waals surface area contributed by atoms with E-state index in [0.717, 1.165) is 24.8 Å². The lowest BCUT2D eigenvalue weighted by Crippen LogP contribution is -2.16. The van der Waals surface area contributed by atoms with E-state index < -0.39 is 0 Å². The first-order chi connectivity index (χ1) is 8.06. The van der Waals surface area contributed by atoms with Crippen molar-refractivity contribution in [2.75, 3.05) is 5.32 Å². The minimum atomic E-state index is -0.331. The van der Waals surface area contributed by atoms with Gasteiger partial charge in [0.25, 0.3) is 5.69 Å². The molecule has 0 aromatic heterocycles. The van der Waals surface area contributed by atoms with Gasteiger partial charge in [-0.15, -0.1) is 0 Å². The van der Waals surface area contributed by atoms with Gasteiger partial charge in [-0.2, -0.15) is 0 Å². The molecule has 0 spiro atoms. The summed E-state index contributed by atoms with van der Waals surface area (Å²) in [5.74, 6) is 0. The molecule has 1 unspecified atom stereocenters. The van der Waals surface area contributed by atoms with Crippen LogP contribution in [0.15, 0.2) is 18.2 Å². The second-order valence-electron chi connectivity index (χ2n) is 4.41. The van der Waals surface area contributed by atoms with Crippen LogP contribution in [0.3, 0.4) is 0 Å². The number of para-hydroxylation sites is 1. The van der Waals surface area contributed by atoms with Gasteiger partial charge in [0.2, 0.25) is 0 Å². The van der Waals surface area contributed by atoms with Crippen molar-refractivity contribution in [2.24, 2.45) is 0 Å². The molecule has 0 saturated heterocycles. The Bertz CT molecular complexity index is 391. The summed E-state index contributed by atoms with van der Waals surface area (Å²) in [6, 6.07) is 5.41. The number of aryl methyl sites for hydroxylation is 1. The highest BCUT2D eigenvalue weighted by Crippen LogP contribution is 2.28. The van der Waals surface area contributed by atoms with E-state index in [1.165, 1.54) is 0 Å². The fourth-order valence-electron chi connectivity index (χ4n) is 1.82. The van der Waals surface area contributed by atoms with Crippen molar-refractivity contribution in [3.63, 3.8) is 0 Å². The number of nitrogens with zero attached hydrogens (tertiary/aromatic N) is 1. The molecule has 94 valence electrons. The lowest BCUT2D eigenvalue weighted by molar-refractivity contribution is -0.384. The van der Waals surface area contributed by atoms with Gasteiger partial charge in [-0.3, -0.25) is 10.1 Å². The van der Waals surface area contributed by atoms with E-state index in [2.05, 4.69) is 19.2 Å². The lowest BCUT2D eigenvalue weighted by atomic mass is 10.1. The number of benzene rings is 1. The highest BCUT2D eigenvalue weighted by Gasteiger charge is 2.16. The minimum Gasteiger partial charge on any atom is -0.377 e. The molecule has 0 saturated carbocycles. The number of nitro benzene ring substituents is 1. The minimum absolute atomic E-state index is 0.161. The number of anilines is 1. The quantitative estimate of drug-likeness (QED) is 0.602. The Morgan fingerprint density at radius 3 is 2.76 bits per heavy atom. The SMILES string of the molecule is CCCCC(C)Nc1c(C)cccc1[N+](=O)[O-]. The molecule has 17 heavy (non-hydrogen) atoms. The summed E-state index contributed by atoms with van der Waals surface area (Å²) >= 11 is 0. The summed E-state index contributed by atoms with van der Waals surface area (Å²) in [6.45, 7) is 6.09. The summed E-state index contributed by atoms with van der Waals surface area (Å²) in [5, 5.41) is 14.2. The lowest BCUT2D eigenvalue weighted by Gasteiger charge is -2.16. The number of unbranched alkanes of at least 4 members (excludes halogenated alkanes) is 1. The van der Waals surface area contributed by atoms with E-state index in [9.17, 15) is 10.1 Å². The normalized spacial score (nSPS) is 12.2. The van der Waals surface area contributed by atoms with Gasteiger partial charge in [0, 0.05) is 12.1 Å². The van der Waals surface area contributed by atoms with Crippen LogP contribution < -0.4 is 5.32 Å². The molecule has 0 fully saturated rings. The molecule has 1 aromatic carbocycles. The Kier molecular flexibility index (Phi) is 4.94. The smallest absolute Gasteiger partial charge is 0.292 e. The zero-order chi connectivity index (χ0) is 12.8. The van der Waals surface area contributed by atoms with E-state index in [1.54, 1.807) is 12.1 Å². The Labute approximate surface area is 102 Å². The Morgan fingerprint density at radius 2 is 2.18 bits per heavy atom. The number of hydrogen-bond acceptors (Lipinski definition) is 3. The highest BCUT2D eigenvalue weighted by atomic mass is 16.6. The largest absolute Gasteiger partial charge is 0.377 e. The number of nitrogens with one attached hydrogen (secondary N) is 1. The van der Waals surface area contributed by atoms with Crippen LogP contribution in [-0.2, 0) is 0 Å². The first kappa shape index (κ1) is 13.5. The molecule has 4 heteroatoms. The van der Waals surface area contributed by atoms with Gasteiger partial charge < -0.3 is 5.32 Å². The Balaban J connectivity index is 2.85. The van der Waals surface area contributed by atoms with Crippen molar-refractivity contribution < 1.29 is 4.92 Å². The van der Waals surface area contributed by atoms with Gasteiger partial charge in [-0.25, -0.2) is 0 Å². The first-order valence-corrected chi connectivity index (χ1v) is 6.06. The molecule has 0 amide bonds. The number of nitro groups is 1. The van der Waals surface area contributed by atoms with Crippen molar-refractivity contribution in [1.82, 2.24) is 0 Å². The van der Waals surface area contributed by atoms with Gasteiger partial charge in [0.05, 0.1) is 4.92 Å². The molecule has 0 radical (unpaired) electrons. The van der Waals surface area contributed by atoms with Crippen molar-refractivity contribution in [1.29, 1.82) is 0 Å². The number of rotatable bonds is 6. The molecule has 0 aliphatic rings. The average Bonchev–Trinajstić information content (AvgIpc) is 2.28. The van der Waals surface area contributed by atoms with Crippen LogP contribution >= 0.6 is 0 Å². The summed E-state index contributed by atoms with van der Waals surface area (Å²) in [4.78, 5) is 10.6. The second-order valence-corrected chi connectivity index (χ2v) is 4.41. The first-order valence-electron chi connectivity index (χ1n) is 6.06. The molecule has 4 nitrogen and oxygen atoms in total. The molecule has 0 aliphatic carbocycles. The third-order valence-electron chi connectivity index (χ3n) is 2.83. The standard InChI is InChI=1S/C13H20N2O2/c1-4-5-8-11(3)14-13-10(2)7-6-9-12(13)15(16)17/h6-7,9,11,14H,4-5,8H2,1-3H3. The zero-order valence-corrected chi connectivity index (χ0v) is 10.7. The molecule has 0 heterocycles. The Hall–Kier alpha value is -1.58. The van der Waals surface area contributed by atoms with Crippen LogP contribution in [0.4, 0.5) is 11.4 Å².